The third kappa shape index (κ3) is 11.2. The Kier molecular flexibility index (Phi) is 8.97. The van der Waals surface area contributed by atoms with Gasteiger partial charge in [-0.15, -0.1) is 0 Å². The molecule has 29 heavy (non-hydrogen) atoms. The number of hydrogen-bond acceptors (Lipinski definition) is 3. The van der Waals surface area contributed by atoms with E-state index in [0.717, 1.165) is 57.8 Å². The third-order valence-electron chi connectivity index (χ3n) is 5.35. The molecule has 0 aromatic heterocycles. The summed E-state index contributed by atoms with van der Waals surface area (Å²) in [5, 5.41) is 0. The van der Waals surface area contributed by atoms with Crippen LogP contribution in [-0.2, 0) is 9.53 Å². The van der Waals surface area contributed by atoms with Crippen molar-refractivity contribution in [1.29, 1.82) is 0 Å². The van der Waals surface area contributed by atoms with Crippen LogP contribution in [0.5, 0.6) is 0 Å². The van der Waals surface area contributed by atoms with Crippen molar-refractivity contribution >= 4 is 11.8 Å². The lowest BCUT2D eigenvalue weighted by Crippen LogP contribution is -2.13. The van der Waals surface area contributed by atoms with Gasteiger partial charge in [-0.25, -0.2) is 0 Å². The van der Waals surface area contributed by atoms with Gasteiger partial charge < -0.3 is 4.74 Å². The number of hydrogen-bond donors (Lipinski definition) is 0. The van der Waals surface area contributed by atoms with Gasteiger partial charge in [-0.2, -0.15) is 0 Å². The van der Waals surface area contributed by atoms with Gasteiger partial charge in [0.05, 0.1) is 0 Å². The number of ketones is 1. The summed E-state index contributed by atoms with van der Waals surface area (Å²) in [7, 11) is 0. The Bertz CT molecular complexity index is 732. The lowest BCUT2D eigenvalue weighted by Gasteiger charge is -2.13. The maximum Gasteiger partial charge on any atom is 0.306 e. The fraction of sp³-hybridized carbons (Fsp3) is 0.692. The molecule has 0 radical (unpaired) electrons. The molecular weight excluding hydrogens is 360 g/mol. The molecule has 2 rings (SSSR count). The second kappa shape index (κ2) is 15.2. The summed E-state index contributed by atoms with van der Waals surface area (Å²) in [6.45, 7) is -0.205. The molecule has 0 amide bonds. The van der Waals surface area contributed by atoms with E-state index in [4.69, 9.17) is 11.6 Å². The normalized spacial score (nSPS) is 32.1. The molecular formula is C26H40O3. The number of ether oxygens (including phenoxy) is 1. The summed E-state index contributed by atoms with van der Waals surface area (Å²) in [5.41, 5.74) is 0.549. The van der Waals surface area contributed by atoms with E-state index in [1.807, 2.05) is 6.07 Å². The summed E-state index contributed by atoms with van der Waals surface area (Å²) in [4.78, 5) is 23.7. The van der Waals surface area contributed by atoms with Crippen molar-refractivity contribution in [2.24, 2.45) is 5.92 Å². The van der Waals surface area contributed by atoms with Crippen LogP contribution in [0.25, 0.3) is 0 Å². The van der Waals surface area contributed by atoms with E-state index in [1.165, 1.54) is 0 Å². The molecule has 1 saturated carbocycles. The first-order valence-corrected chi connectivity index (χ1v) is 11.2. The van der Waals surface area contributed by atoms with Crippen LogP contribution in [0.3, 0.4) is 0 Å². The Hall–Kier alpha value is -1.64. The van der Waals surface area contributed by atoms with Crippen LogP contribution in [0.1, 0.15) is 120 Å². The monoisotopic (exact) mass is 405 g/mol. The van der Waals surface area contributed by atoms with Crippen molar-refractivity contribution in [1.82, 2.24) is 0 Å². The highest BCUT2D eigenvalue weighted by Crippen LogP contribution is 2.27. The van der Waals surface area contributed by atoms with E-state index >= 15 is 0 Å². The molecule has 1 aromatic rings. The molecule has 1 aliphatic carbocycles. The largest absolute Gasteiger partial charge is 0.457 e. The van der Waals surface area contributed by atoms with Crippen LogP contribution in [-0.4, -0.2) is 18.4 Å². The number of esters is 1. The zero-order chi connectivity index (χ0) is 24.9. The van der Waals surface area contributed by atoms with Crippen LogP contribution in [0.2, 0.25) is 0 Å². The van der Waals surface area contributed by atoms with E-state index in [9.17, 15) is 9.59 Å². The van der Waals surface area contributed by atoms with E-state index in [0.29, 0.717) is 18.4 Å². The van der Waals surface area contributed by atoms with Crippen molar-refractivity contribution in [3.05, 3.63) is 35.9 Å². The van der Waals surface area contributed by atoms with Crippen molar-refractivity contribution in [2.45, 2.75) is 103 Å². The molecule has 0 aliphatic heterocycles. The van der Waals surface area contributed by atoms with Gasteiger partial charge in [-0.3, -0.25) is 9.59 Å². The van der Waals surface area contributed by atoms with Gasteiger partial charge in [-0.1, -0.05) is 120 Å². The molecule has 3 nitrogen and oxygen atoms in total. The molecule has 1 aliphatic rings. The van der Waals surface area contributed by atoms with Crippen LogP contribution in [0, 0.1) is 5.92 Å². The number of unbranched alkanes of at least 4 members (excludes halogenated alkanes) is 7. The summed E-state index contributed by atoms with van der Waals surface area (Å²) in [6, 6.07) is 8.81. The van der Waals surface area contributed by atoms with Gasteiger partial charge >= 0.3 is 5.97 Å². The van der Waals surface area contributed by atoms with Gasteiger partial charge in [0.2, 0.25) is 0 Å². The standard InChI is InChI=1S/C26H40O3/c27-25(24-19-13-9-14-20-24)22-29-26(28)21-15-6-4-2-1-3-5-10-16-23-17-11-7-8-12-18-23/h9,13-14,19-20,23H,1-8,10-12,15-18,21-22H2/i7D,8D,11D,12D,17D. The Morgan fingerprint density at radius 2 is 1.52 bits per heavy atom. The molecule has 6 unspecified atom stereocenters. The Morgan fingerprint density at radius 3 is 2.28 bits per heavy atom. The Balaban J connectivity index is 1.46. The smallest absolute Gasteiger partial charge is 0.306 e. The fourth-order valence-corrected chi connectivity index (χ4v) is 3.57. The number of carbonyl (C=O) groups is 2. The minimum atomic E-state index is -0.950. The summed E-state index contributed by atoms with van der Waals surface area (Å²) in [5.74, 6) is -0.559. The minimum Gasteiger partial charge on any atom is -0.457 e. The Morgan fingerprint density at radius 1 is 0.862 bits per heavy atom. The first-order chi connectivity index (χ1) is 16.3. The molecule has 6 atom stereocenters. The average Bonchev–Trinajstić information content (AvgIpc) is 2.91. The van der Waals surface area contributed by atoms with Crippen LogP contribution < -0.4 is 0 Å². The lowest BCUT2D eigenvalue weighted by atomic mass is 9.93. The van der Waals surface area contributed by atoms with Crippen molar-refractivity contribution in [3.63, 3.8) is 0 Å². The van der Waals surface area contributed by atoms with Crippen LogP contribution >= 0.6 is 0 Å². The molecule has 162 valence electrons. The van der Waals surface area contributed by atoms with Gasteiger partial charge in [0.1, 0.15) is 0 Å². The van der Waals surface area contributed by atoms with Crippen molar-refractivity contribution in [3.8, 4) is 0 Å². The van der Waals surface area contributed by atoms with Crippen molar-refractivity contribution in [2.75, 3.05) is 6.61 Å². The fourth-order valence-electron chi connectivity index (χ4n) is 3.57. The first kappa shape index (κ1) is 17.1. The predicted octanol–water partition coefficient (Wildman–Crippen LogP) is 7.28. The van der Waals surface area contributed by atoms with E-state index in [2.05, 4.69) is 0 Å². The van der Waals surface area contributed by atoms with E-state index in [-0.39, 0.29) is 24.3 Å². The van der Waals surface area contributed by atoms with Crippen molar-refractivity contribution < 1.29 is 21.2 Å². The van der Waals surface area contributed by atoms with Gasteiger partial charge in [0, 0.05) is 18.8 Å². The SMILES string of the molecule is [2H]C1CC(CCCCCCCCCCC(=O)OCC(=O)c2ccccc2)C([2H])C([2H])C([2H])C1[2H]. The number of rotatable bonds is 14. The summed E-state index contributed by atoms with van der Waals surface area (Å²) < 4.78 is 45.4. The van der Waals surface area contributed by atoms with E-state index in [1.54, 1.807) is 24.3 Å². The zero-order valence-electron chi connectivity index (χ0n) is 22.6. The molecule has 1 fully saturated rings. The quantitative estimate of drug-likeness (QED) is 0.141. The second-order valence-electron chi connectivity index (χ2n) is 7.82. The van der Waals surface area contributed by atoms with Gasteiger partial charge in [-0.05, 0) is 12.3 Å². The molecule has 0 heterocycles. The molecule has 0 saturated heterocycles. The lowest BCUT2D eigenvalue weighted by molar-refractivity contribution is -0.142. The minimum absolute atomic E-state index is 0.0454. The zero-order valence-corrected chi connectivity index (χ0v) is 17.6. The number of carbonyl (C=O) groups excluding carboxylic acids is 2. The summed E-state index contributed by atoms with van der Waals surface area (Å²) >= 11 is 0. The number of benzene rings is 1. The maximum atomic E-state index is 11.9. The molecule has 0 N–H and O–H groups in total. The highest BCUT2D eigenvalue weighted by Gasteiger charge is 2.11. The molecule has 0 spiro atoms. The second-order valence-corrected chi connectivity index (χ2v) is 7.82. The Labute approximate surface area is 184 Å². The first-order valence-electron chi connectivity index (χ1n) is 14.0. The third-order valence-corrected chi connectivity index (χ3v) is 5.35. The highest BCUT2D eigenvalue weighted by molar-refractivity contribution is 5.97. The van der Waals surface area contributed by atoms with Gasteiger partial charge in [0.15, 0.2) is 12.4 Å². The average molecular weight is 406 g/mol. The van der Waals surface area contributed by atoms with Crippen LogP contribution in [0.4, 0.5) is 0 Å². The predicted molar refractivity (Wildman–Crippen MR) is 119 cm³/mol. The molecule has 1 aromatic carbocycles. The maximum absolute atomic E-state index is 11.9. The van der Waals surface area contributed by atoms with Gasteiger partial charge in [0.25, 0.3) is 0 Å². The highest BCUT2D eigenvalue weighted by atomic mass is 16.5. The number of Topliss-reactive ketones (excluding diaryl/α,β-unsaturated/α-hetero) is 1. The van der Waals surface area contributed by atoms with Crippen LogP contribution in [0.15, 0.2) is 30.3 Å². The molecule has 0 bridgehead atoms. The van der Waals surface area contributed by atoms with E-state index < -0.39 is 32.0 Å². The molecule has 3 heteroatoms. The topological polar surface area (TPSA) is 43.4 Å². The summed E-state index contributed by atoms with van der Waals surface area (Å²) in [6.07, 6.45) is 5.75.